The van der Waals surface area contributed by atoms with Crippen LogP contribution in [-0.4, -0.2) is 52.2 Å². The van der Waals surface area contributed by atoms with Crippen LogP contribution in [0.15, 0.2) is 30.5 Å². The predicted molar refractivity (Wildman–Crippen MR) is 156 cm³/mol. The minimum absolute atomic E-state index is 0.0338. The fourth-order valence-corrected chi connectivity index (χ4v) is 6.93. The number of fused-ring (bicyclic) bond motifs is 1. The van der Waals surface area contributed by atoms with Crippen LogP contribution in [0.25, 0.3) is 11.2 Å². The van der Waals surface area contributed by atoms with Gasteiger partial charge in [-0.05, 0) is 76.5 Å². The molecule has 2 aliphatic rings. The van der Waals surface area contributed by atoms with Crippen molar-refractivity contribution >= 4 is 24.9 Å². The molecule has 1 aromatic carbocycles. The van der Waals surface area contributed by atoms with E-state index in [0.29, 0.717) is 41.5 Å². The van der Waals surface area contributed by atoms with Gasteiger partial charge in [-0.1, -0.05) is 18.9 Å². The van der Waals surface area contributed by atoms with Gasteiger partial charge in [-0.25, -0.2) is 18.9 Å². The first-order valence-electron chi connectivity index (χ1n) is 14.6. The third kappa shape index (κ3) is 5.97. The Balaban J connectivity index is 1.61. The number of hydrogen-bond acceptors (Lipinski definition) is 8. The Morgan fingerprint density at radius 2 is 1.88 bits per heavy atom. The van der Waals surface area contributed by atoms with Gasteiger partial charge in [0.1, 0.15) is 24.1 Å². The first-order valence-corrected chi connectivity index (χ1v) is 16.1. The third-order valence-electron chi connectivity index (χ3n) is 8.40. The summed E-state index contributed by atoms with van der Waals surface area (Å²) in [5.41, 5.74) is 1.42. The molecular weight excluding hydrogens is 562 g/mol. The highest BCUT2D eigenvalue weighted by Crippen LogP contribution is 2.49. The van der Waals surface area contributed by atoms with E-state index in [4.69, 9.17) is 23.3 Å². The molecule has 0 N–H and O–H groups in total. The lowest BCUT2D eigenvalue weighted by molar-refractivity contribution is 0.0293. The predicted octanol–water partition coefficient (Wildman–Crippen LogP) is 6.93. The fourth-order valence-electron chi connectivity index (χ4n) is 6.31. The van der Waals surface area contributed by atoms with E-state index in [-0.39, 0.29) is 24.4 Å². The molecule has 1 amide bonds. The van der Waals surface area contributed by atoms with Crippen molar-refractivity contribution in [2.75, 3.05) is 20.8 Å². The Morgan fingerprint density at radius 1 is 1.14 bits per heavy atom. The number of likely N-dealkylation sites (tertiary alicyclic amines) is 1. The summed E-state index contributed by atoms with van der Waals surface area (Å²) in [6.07, 6.45) is 7.73. The van der Waals surface area contributed by atoms with Crippen LogP contribution in [-0.2, 0) is 30.4 Å². The Labute approximate surface area is 246 Å². The molecule has 0 unspecified atom stereocenters. The minimum Gasteiger partial charge on any atom is -0.491 e. The first-order chi connectivity index (χ1) is 20.1. The van der Waals surface area contributed by atoms with Crippen LogP contribution in [0, 0.1) is 5.82 Å². The Morgan fingerprint density at radius 3 is 2.57 bits per heavy atom. The second-order valence-corrected chi connectivity index (χ2v) is 13.4. The van der Waals surface area contributed by atoms with Crippen LogP contribution < -0.4 is 4.74 Å². The number of rotatable bonds is 10. The summed E-state index contributed by atoms with van der Waals surface area (Å²) in [5.74, 6) is 0.770. The second kappa shape index (κ2) is 12.4. The van der Waals surface area contributed by atoms with Gasteiger partial charge in [-0.15, -0.1) is 0 Å². The van der Waals surface area contributed by atoms with E-state index >= 15 is 0 Å². The van der Waals surface area contributed by atoms with Crippen LogP contribution in [0.2, 0.25) is 0 Å². The molecule has 1 atom stereocenters. The van der Waals surface area contributed by atoms with Crippen molar-refractivity contribution in [3.8, 4) is 5.75 Å². The standard InChI is InChI=1S/C30H40FN4O6P/c1-20(2)41-23-12-13-24(21-10-6-7-11-21)25(17-23)28(36)35-15-9-8-14-30(35,3)29-33-27-26(16-22(31)18-32-27)34(29)19-40-42(37,38-4)39-5/h12-13,16-18,20-21H,6-11,14-15,19H2,1-5H3/t30-/m0/s1. The van der Waals surface area contributed by atoms with E-state index in [1.54, 1.807) is 4.57 Å². The Kier molecular flexibility index (Phi) is 9.04. The van der Waals surface area contributed by atoms with Crippen LogP contribution in [0.5, 0.6) is 5.75 Å². The van der Waals surface area contributed by atoms with E-state index in [1.165, 1.54) is 20.3 Å². The molecule has 42 heavy (non-hydrogen) atoms. The average molecular weight is 603 g/mol. The van der Waals surface area contributed by atoms with E-state index in [0.717, 1.165) is 50.3 Å². The topological polar surface area (TPSA) is 105 Å². The number of piperidine rings is 1. The molecule has 2 aromatic heterocycles. The summed E-state index contributed by atoms with van der Waals surface area (Å²) in [6, 6.07) is 7.18. The lowest BCUT2D eigenvalue weighted by atomic mass is 9.85. The van der Waals surface area contributed by atoms with Crippen molar-refractivity contribution in [2.45, 2.75) is 90.0 Å². The van der Waals surface area contributed by atoms with Crippen molar-refractivity contribution in [1.29, 1.82) is 0 Å². The van der Waals surface area contributed by atoms with Crippen LogP contribution in [0.3, 0.4) is 0 Å². The first kappa shape index (κ1) is 30.6. The summed E-state index contributed by atoms with van der Waals surface area (Å²) >= 11 is 0. The van der Waals surface area contributed by atoms with Gasteiger partial charge < -0.3 is 9.64 Å². The van der Waals surface area contributed by atoms with Gasteiger partial charge in [-0.2, -0.15) is 0 Å². The number of phosphoric ester groups is 1. The highest BCUT2D eigenvalue weighted by atomic mass is 31.2. The SMILES string of the molecule is COP(=O)(OC)OCn1c([C@]2(C)CCCCN2C(=O)c2cc(OC(C)C)ccc2C2CCCC2)nc2ncc(F)cc21. The number of halogens is 1. The molecule has 3 heterocycles. The molecule has 3 aromatic rings. The van der Waals surface area contributed by atoms with E-state index in [2.05, 4.69) is 4.98 Å². The molecule has 0 bridgehead atoms. The average Bonchev–Trinajstić information content (AvgIpc) is 3.64. The van der Waals surface area contributed by atoms with E-state index in [1.807, 2.05) is 43.9 Å². The van der Waals surface area contributed by atoms with E-state index in [9.17, 15) is 13.8 Å². The summed E-state index contributed by atoms with van der Waals surface area (Å²) in [4.78, 5) is 25.5. The maximum absolute atomic E-state index is 14.6. The maximum atomic E-state index is 14.6. The Hall–Kier alpha value is -2.85. The minimum atomic E-state index is -3.87. The number of hydrogen-bond donors (Lipinski definition) is 0. The lowest BCUT2D eigenvalue weighted by Crippen LogP contribution is -2.52. The second-order valence-electron chi connectivity index (χ2n) is 11.5. The highest BCUT2D eigenvalue weighted by Gasteiger charge is 2.44. The number of carbonyl (C=O) groups is 1. The van der Waals surface area contributed by atoms with Crippen molar-refractivity contribution in [3.05, 3.63) is 53.2 Å². The molecule has 2 fully saturated rings. The molecule has 0 radical (unpaired) electrons. The molecule has 1 aliphatic heterocycles. The zero-order chi connectivity index (χ0) is 30.1. The van der Waals surface area contributed by atoms with Crippen LogP contribution >= 0.6 is 7.82 Å². The summed E-state index contributed by atoms with van der Waals surface area (Å²) in [7, 11) is -1.42. The quantitative estimate of drug-likeness (QED) is 0.230. The van der Waals surface area contributed by atoms with Crippen LogP contribution in [0.4, 0.5) is 4.39 Å². The molecule has 10 nitrogen and oxygen atoms in total. The number of amides is 1. The molecule has 1 saturated heterocycles. The van der Waals surface area contributed by atoms with Gasteiger partial charge in [0, 0.05) is 32.4 Å². The number of aromatic nitrogens is 3. The van der Waals surface area contributed by atoms with Gasteiger partial charge in [-0.3, -0.25) is 22.9 Å². The molecule has 0 spiro atoms. The van der Waals surface area contributed by atoms with Gasteiger partial charge in [0.15, 0.2) is 5.65 Å². The zero-order valence-corrected chi connectivity index (χ0v) is 25.9. The normalized spacial score (nSPS) is 20.1. The summed E-state index contributed by atoms with van der Waals surface area (Å²) in [6.45, 7) is 6.09. The number of ether oxygens (including phenoxy) is 1. The number of pyridine rings is 1. The summed E-state index contributed by atoms with van der Waals surface area (Å²) in [5, 5.41) is 0. The summed E-state index contributed by atoms with van der Waals surface area (Å²) < 4.78 is 50.3. The smallest absolute Gasteiger partial charge is 0.475 e. The van der Waals surface area contributed by atoms with Gasteiger partial charge in [0.05, 0.1) is 23.4 Å². The molecule has 12 heteroatoms. The number of nitrogens with zero attached hydrogens (tertiary/aromatic N) is 4. The molecule has 228 valence electrons. The van der Waals surface area contributed by atoms with Crippen molar-refractivity contribution in [3.63, 3.8) is 0 Å². The number of phosphoric acid groups is 1. The van der Waals surface area contributed by atoms with Crippen molar-refractivity contribution in [2.24, 2.45) is 0 Å². The lowest BCUT2D eigenvalue weighted by Gasteiger charge is -2.44. The van der Waals surface area contributed by atoms with Crippen molar-refractivity contribution in [1.82, 2.24) is 19.4 Å². The number of carbonyl (C=O) groups excluding carboxylic acids is 1. The van der Waals surface area contributed by atoms with E-state index < -0.39 is 19.2 Å². The monoisotopic (exact) mass is 602 g/mol. The van der Waals surface area contributed by atoms with Gasteiger partial charge in [0.25, 0.3) is 5.91 Å². The molecule has 5 rings (SSSR count). The number of imidazole rings is 1. The molecule has 1 aliphatic carbocycles. The molecular formula is C30H40FN4O6P. The zero-order valence-electron chi connectivity index (χ0n) is 25.0. The fraction of sp³-hybridized carbons (Fsp3) is 0.567. The third-order valence-corrected chi connectivity index (χ3v) is 9.73. The van der Waals surface area contributed by atoms with Gasteiger partial charge >= 0.3 is 7.82 Å². The molecule has 1 saturated carbocycles. The van der Waals surface area contributed by atoms with Crippen molar-refractivity contribution < 1.29 is 32.1 Å². The highest BCUT2D eigenvalue weighted by molar-refractivity contribution is 7.48. The number of benzene rings is 1. The maximum Gasteiger partial charge on any atom is 0.475 e. The van der Waals surface area contributed by atoms with Gasteiger partial charge in [0.2, 0.25) is 0 Å². The largest absolute Gasteiger partial charge is 0.491 e. The Bertz CT molecular complexity index is 1480. The van der Waals surface area contributed by atoms with Crippen LogP contribution in [0.1, 0.15) is 93.4 Å².